The molecular formula is C14H24ClN3O. The molecule has 0 amide bonds. The van der Waals surface area contributed by atoms with E-state index in [-0.39, 0.29) is 0 Å². The minimum absolute atomic E-state index is 0.385. The third kappa shape index (κ3) is 4.64. The van der Waals surface area contributed by atoms with Crippen molar-refractivity contribution in [2.24, 2.45) is 0 Å². The van der Waals surface area contributed by atoms with Crippen LogP contribution < -0.4 is 10.2 Å². The monoisotopic (exact) mass is 285 g/mol. The fourth-order valence-electron chi connectivity index (χ4n) is 1.93. The van der Waals surface area contributed by atoms with Gasteiger partial charge < -0.3 is 15.0 Å². The van der Waals surface area contributed by atoms with Gasteiger partial charge in [0.2, 0.25) is 0 Å². The van der Waals surface area contributed by atoms with Gasteiger partial charge >= 0.3 is 0 Å². The van der Waals surface area contributed by atoms with E-state index >= 15 is 0 Å². The second-order valence-corrected chi connectivity index (χ2v) is 5.03. The fourth-order valence-corrected chi connectivity index (χ4v) is 2.23. The number of anilines is 1. The minimum Gasteiger partial charge on any atom is -0.383 e. The quantitative estimate of drug-likeness (QED) is 0.797. The average Bonchev–Trinajstić information content (AvgIpc) is 2.41. The van der Waals surface area contributed by atoms with E-state index in [9.17, 15) is 0 Å². The molecule has 0 aliphatic rings. The van der Waals surface area contributed by atoms with Gasteiger partial charge in [-0.15, -0.1) is 0 Å². The molecule has 19 heavy (non-hydrogen) atoms. The first-order valence-electron chi connectivity index (χ1n) is 6.68. The van der Waals surface area contributed by atoms with Crippen molar-refractivity contribution >= 4 is 17.4 Å². The summed E-state index contributed by atoms with van der Waals surface area (Å²) in [5.74, 6) is 0.841. The van der Waals surface area contributed by atoms with Crippen molar-refractivity contribution in [3.05, 3.63) is 22.8 Å². The smallest absolute Gasteiger partial charge is 0.147 e. The Labute approximate surface area is 121 Å². The molecule has 0 aromatic carbocycles. The Balaban J connectivity index is 2.94. The van der Waals surface area contributed by atoms with E-state index in [1.165, 1.54) is 0 Å². The van der Waals surface area contributed by atoms with Gasteiger partial charge in [0.05, 0.1) is 11.6 Å². The normalized spacial score (nSPS) is 12.5. The second-order valence-electron chi connectivity index (χ2n) is 4.62. The van der Waals surface area contributed by atoms with E-state index in [2.05, 4.69) is 29.0 Å². The Morgan fingerprint density at radius 2 is 2.26 bits per heavy atom. The van der Waals surface area contributed by atoms with Crippen molar-refractivity contribution in [1.29, 1.82) is 0 Å². The van der Waals surface area contributed by atoms with Crippen molar-refractivity contribution in [3.63, 3.8) is 0 Å². The number of ether oxygens (including phenoxy) is 1. The predicted molar refractivity (Wildman–Crippen MR) is 81.0 cm³/mol. The van der Waals surface area contributed by atoms with Crippen molar-refractivity contribution < 1.29 is 4.74 Å². The fraction of sp³-hybridized carbons (Fsp3) is 0.643. The molecule has 1 N–H and O–H groups in total. The number of halogens is 1. The highest BCUT2D eigenvalue weighted by Crippen LogP contribution is 2.26. The first kappa shape index (κ1) is 16.2. The van der Waals surface area contributed by atoms with Crippen LogP contribution in [0.4, 0.5) is 5.82 Å². The molecule has 0 saturated carbocycles. The lowest BCUT2D eigenvalue weighted by Crippen LogP contribution is -2.36. The summed E-state index contributed by atoms with van der Waals surface area (Å²) in [6.07, 6.45) is 2.92. The number of methoxy groups -OCH3 is 1. The van der Waals surface area contributed by atoms with Gasteiger partial charge in [-0.3, -0.25) is 0 Å². The van der Waals surface area contributed by atoms with Crippen LogP contribution in [0.3, 0.4) is 0 Å². The van der Waals surface area contributed by atoms with Crippen molar-refractivity contribution in [2.45, 2.75) is 32.9 Å². The molecule has 0 bridgehead atoms. The van der Waals surface area contributed by atoms with Crippen LogP contribution in [0, 0.1) is 0 Å². The average molecular weight is 286 g/mol. The summed E-state index contributed by atoms with van der Waals surface area (Å²) >= 11 is 6.37. The van der Waals surface area contributed by atoms with Crippen LogP contribution in [0.25, 0.3) is 0 Å². The number of rotatable bonds is 8. The standard InChI is InChI=1S/C14H24ClN3O/c1-5-11(2)18(6-7-19-4)14-13(15)8-12(9-16-3)10-17-14/h8,10-11,16H,5-7,9H2,1-4H3. The molecule has 5 heteroatoms. The Morgan fingerprint density at radius 3 is 2.79 bits per heavy atom. The number of hydrogen-bond donors (Lipinski definition) is 1. The molecule has 1 aromatic rings. The lowest BCUT2D eigenvalue weighted by molar-refractivity contribution is 0.203. The third-order valence-electron chi connectivity index (χ3n) is 3.19. The number of hydrogen-bond acceptors (Lipinski definition) is 4. The maximum Gasteiger partial charge on any atom is 0.147 e. The first-order chi connectivity index (χ1) is 9.13. The van der Waals surface area contributed by atoms with E-state index < -0.39 is 0 Å². The Hall–Kier alpha value is -0.840. The van der Waals surface area contributed by atoms with Crippen molar-refractivity contribution in [2.75, 3.05) is 32.2 Å². The van der Waals surface area contributed by atoms with Gasteiger partial charge in [0.25, 0.3) is 0 Å². The Kier molecular flexibility index (Phi) is 7.13. The topological polar surface area (TPSA) is 37.4 Å². The molecule has 1 rings (SSSR count). The zero-order valence-electron chi connectivity index (χ0n) is 12.2. The molecule has 0 spiro atoms. The number of aromatic nitrogens is 1. The lowest BCUT2D eigenvalue weighted by atomic mass is 10.2. The molecule has 1 atom stereocenters. The maximum atomic E-state index is 6.37. The lowest BCUT2D eigenvalue weighted by Gasteiger charge is -2.30. The summed E-state index contributed by atoms with van der Waals surface area (Å²) in [5.41, 5.74) is 1.09. The zero-order valence-corrected chi connectivity index (χ0v) is 13.0. The largest absolute Gasteiger partial charge is 0.383 e. The molecule has 108 valence electrons. The Bertz CT molecular complexity index is 387. The minimum atomic E-state index is 0.385. The third-order valence-corrected chi connectivity index (χ3v) is 3.47. The molecule has 1 heterocycles. The molecule has 0 aliphatic heterocycles. The summed E-state index contributed by atoms with van der Waals surface area (Å²) in [7, 11) is 3.62. The van der Waals surface area contributed by atoms with E-state index in [0.29, 0.717) is 17.7 Å². The maximum absolute atomic E-state index is 6.37. The Morgan fingerprint density at radius 1 is 1.53 bits per heavy atom. The highest BCUT2D eigenvalue weighted by Gasteiger charge is 2.17. The number of nitrogens with zero attached hydrogens (tertiary/aromatic N) is 2. The summed E-state index contributed by atoms with van der Waals surface area (Å²) in [6, 6.07) is 2.36. The van der Waals surface area contributed by atoms with Gasteiger partial charge in [0.1, 0.15) is 5.82 Å². The summed E-state index contributed by atoms with van der Waals surface area (Å²) in [6.45, 7) is 6.57. The van der Waals surface area contributed by atoms with Gasteiger partial charge in [-0.1, -0.05) is 18.5 Å². The van der Waals surface area contributed by atoms with Crippen LogP contribution in [0.5, 0.6) is 0 Å². The molecular weight excluding hydrogens is 262 g/mol. The van der Waals surface area contributed by atoms with Crippen molar-refractivity contribution in [1.82, 2.24) is 10.3 Å². The SMILES string of the molecule is CCC(C)N(CCOC)c1ncc(CNC)cc1Cl. The van der Waals surface area contributed by atoms with E-state index in [1.54, 1.807) is 7.11 Å². The summed E-state index contributed by atoms with van der Waals surface area (Å²) in [4.78, 5) is 6.72. The molecule has 0 fully saturated rings. The van der Waals surface area contributed by atoms with Crippen LogP contribution in [0.15, 0.2) is 12.3 Å². The predicted octanol–water partition coefficient (Wildman–Crippen LogP) is 2.71. The van der Waals surface area contributed by atoms with Crippen LogP contribution in [-0.4, -0.2) is 38.3 Å². The molecule has 1 unspecified atom stereocenters. The van der Waals surface area contributed by atoms with Gasteiger partial charge in [0, 0.05) is 32.4 Å². The molecule has 0 radical (unpaired) electrons. The molecule has 0 saturated heterocycles. The highest BCUT2D eigenvalue weighted by molar-refractivity contribution is 6.33. The van der Waals surface area contributed by atoms with Crippen LogP contribution in [0.1, 0.15) is 25.8 Å². The number of nitrogens with one attached hydrogen (secondary N) is 1. The van der Waals surface area contributed by atoms with Crippen molar-refractivity contribution in [3.8, 4) is 0 Å². The van der Waals surface area contributed by atoms with Crippen LogP contribution in [0.2, 0.25) is 5.02 Å². The van der Waals surface area contributed by atoms with E-state index in [4.69, 9.17) is 16.3 Å². The van der Waals surface area contributed by atoms with Gasteiger partial charge in [-0.05, 0) is 32.0 Å². The van der Waals surface area contributed by atoms with Crippen LogP contribution in [-0.2, 0) is 11.3 Å². The van der Waals surface area contributed by atoms with Crippen LogP contribution >= 0.6 is 11.6 Å². The summed E-state index contributed by atoms with van der Waals surface area (Å²) < 4.78 is 5.17. The molecule has 4 nitrogen and oxygen atoms in total. The second kappa shape index (κ2) is 8.35. The highest BCUT2D eigenvalue weighted by atomic mass is 35.5. The molecule has 1 aromatic heterocycles. The van der Waals surface area contributed by atoms with Gasteiger partial charge in [0.15, 0.2) is 0 Å². The van der Waals surface area contributed by atoms with Gasteiger partial charge in [-0.25, -0.2) is 4.98 Å². The summed E-state index contributed by atoms with van der Waals surface area (Å²) in [5, 5.41) is 3.79. The molecule has 0 aliphatic carbocycles. The first-order valence-corrected chi connectivity index (χ1v) is 7.06. The van der Waals surface area contributed by atoms with E-state index in [1.807, 2.05) is 19.3 Å². The van der Waals surface area contributed by atoms with E-state index in [0.717, 1.165) is 30.9 Å². The number of pyridine rings is 1. The van der Waals surface area contributed by atoms with Gasteiger partial charge in [-0.2, -0.15) is 0 Å². The zero-order chi connectivity index (χ0) is 14.3.